The first-order valence-electron chi connectivity index (χ1n) is 10.7. The number of aliphatic carboxylic acids is 2. The Hall–Kier alpha value is -2.68. The molecule has 0 aromatic rings. The lowest BCUT2D eigenvalue weighted by Crippen LogP contribution is -2.71. The Balaban J connectivity index is 8.16. The van der Waals surface area contributed by atoms with Gasteiger partial charge in [0.2, 0.25) is 0 Å². The van der Waals surface area contributed by atoms with Crippen LogP contribution in [0.3, 0.4) is 0 Å². The minimum atomic E-state index is -8.23. The fourth-order valence-corrected chi connectivity index (χ4v) is 3.63. The van der Waals surface area contributed by atoms with Crippen LogP contribution in [0, 0.1) is 11.3 Å². The van der Waals surface area contributed by atoms with E-state index in [1.807, 2.05) is 4.74 Å². The van der Waals surface area contributed by atoms with Gasteiger partial charge >= 0.3 is 66.6 Å². The van der Waals surface area contributed by atoms with Gasteiger partial charge in [0.25, 0.3) is 6.36 Å². The van der Waals surface area contributed by atoms with Gasteiger partial charge in [-0.1, -0.05) is 0 Å². The zero-order valence-electron chi connectivity index (χ0n) is 20.8. The maximum Gasteiger partial charge on any atom is 0.458 e. The normalized spacial score (nSPS) is 17.8. The highest BCUT2D eigenvalue weighted by Gasteiger charge is 2.88. The number of carboxylic acids is 2. The van der Waals surface area contributed by atoms with Crippen LogP contribution in [0.15, 0.2) is 0 Å². The molecular weight excluding hydrogens is 730 g/mol. The summed E-state index contributed by atoms with van der Waals surface area (Å²) in [7, 11) is 0. The smallest absolute Gasteiger partial charge is 0.458 e. The summed E-state index contributed by atoms with van der Waals surface area (Å²) in [6, 6.07) is 0. The van der Waals surface area contributed by atoms with Gasteiger partial charge in [-0.05, 0) is 12.8 Å². The third kappa shape index (κ3) is 8.06. The predicted molar refractivity (Wildman–Crippen MR) is 94.6 cm³/mol. The summed E-state index contributed by atoms with van der Waals surface area (Å²) in [5, 5.41) is 17.1. The second-order valence-electron chi connectivity index (χ2n) is 8.75. The molecule has 46 heavy (non-hydrogen) atoms. The summed E-state index contributed by atoms with van der Waals surface area (Å²) < 4.78 is 304. The third-order valence-corrected chi connectivity index (χ3v) is 5.74. The van der Waals surface area contributed by atoms with Crippen molar-refractivity contribution in [1.29, 1.82) is 0 Å². The molecule has 3 unspecified atom stereocenters. The molecule has 0 aliphatic heterocycles. The Morgan fingerprint density at radius 2 is 0.978 bits per heavy atom. The summed E-state index contributed by atoms with van der Waals surface area (Å²) in [5.74, 6) is -36.2. The van der Waals surface area contributed by atoms with E-state index in [-0.39, 0.29) is 0 Å². The molecule has 0 aromatic carbocycles. The second kappa shape index (κ2) is 12.7. The molecule has 0 saturated heterocycles. The van der Waals surface area contributed by atoms with Gasteiger partial charge in [-0.3, -0.25) is 19.1 Å². The topological polar surface area (TPSA) is 93.1 Å². The lowest BCUT2D eigenvalue weighted by atomic mass is 9.62. The molecule has 3 atom stereocenters. The van der Waals surface area contributed by atoms with Gasteiger partial charge in [-0.25, -0.2) is 4.39 Å². The standard InChI is InChI=1S/C18H12F22O6/c19-8(11(22,23)24)45-18(39,40)12(25,26)9(14(28,29)30,4-3-7(43)44)5(1-2-6(41)42)10(20,21)17(37,38)46-13(27,15(31,32)33)16(34,35)36/h5,8H,1-4H2,(H,41,42)(H,43,44). The Bertz CT molecular complexity index is 1060. The van der Waals surface area contributed by atoms with E-state index < -0.39 is 110 Å². The van der Waals surface area contributed by atoms with E-state index in [9.17, 15) is 88.6 Å². The minimum absolute atomic E-state index is 1.44. The number of hydrogen-bond donors (Lipinski definition) is 2. The SMILES string of the molecule is O=C(O)CCC(C(F)(F)C(F)(F)OC(F)(C(F)(F)F)C(F)(F)F)C(CCC(=O)O)(C(F)(F)F)C(F)(F)C(F)(F)OC(F)C(F)(F)F. The van der Waals surface area contributed by atoms with Gasteiger partial charge < -0.3 is 10.2 Å². The molecule has 0 spiro atoms. The number of ether oxygens (including phenoxy) is 2. The molecule has 0 saturated carbocycles. The summed E-state index contributed by atoms with van der Waals surface area (Å²) >= 11 is 0. The average molecular weight is 742 g/mol. The molecule has 0 aliphatic carbocycles. The zero-order valence-corrected chi connectivity index (χ0v) is 20.8. The van der Waals surface area contributed by atoms with E-state index in [1.54, 1.807) is 0 Å². The largest absolute Gasteiger partial charge is 0.481 e. The molecule has 0 radical (unpaired) electrons. The molecule has 0 aliphatic rings. The van der Waals surface area contributed by atoms with E-state index in [0.717, 1.165) is 0 Å². The molecule has 0 rings (SSSR count). The first-order valence-corrected chi connectivity index (χ1v) is 10.7. The third-order valence-electron chi connectivity index (χ3n) is 5.74. The van der Waals surface area contributed by atoms with Crippen LogP contribution in [0.5, 0.6) is 0 Å². The van der Waals surface area contributed by atoms with Crippen molar-refractivity contribution in [2.24, 2.45) is 11.3 Å². The van der Waals surface area contributed by atoms with Crippen LogP contribution in [0.4, 0.5) is 96.6 Å². The summed E-state index contributed by atoms with van der Waals surface area (Å²) in [6.07, 6.45) is -65.4. The van der Waals surface area contributed by atoms with Crippen LogP contribution in [0.1, 0.15) is 25.7 Å². The maximum absolute atomic E-state index is 15.1. The number of hydrogen-bond acceptors (Lipinski definition) is 4. The van der Waals surface area contributed by atoms with Crippen molar-refractivity contribution in [3.05, 3.63) is 0 Å². The molecule has 0 aromatic heterocycles. The number of halogens is 22. The molecule has 0 fully saturated rings. The monoisotopic (exact) mass is 742 g/mol. The Labute approximate surface area is 237 Å². The highest BCUT2D eigenvalue weighted by Crippen LogP contribution is 2.68. The van der Waals surface area contributed by atoms with E-state index >= 15 is 17.6 Å². The van der Waals surface area contributed by atoms with Crippen LogP contribution in [-0.4, -0.2) is 83.1 Å². The summed E-state index contributed by atoms with van der Waals surface area (Å²) in [4.78, 5) is 21.6. The minimum Gasteiger partial charge on any atom is -0.481 e. The molecule has 274 valence electrons. The molecule has 0 heterocycles. The fourth-order valence-electron chi connectivity index (χ4n) is 3.63. The molecular formula is C18H12F22O6. The van der Waals surface area contributed by atoms with Gasteiger partial charge in [0.1, 0.15) is 5.41 Å². The molecule has 0 bridgehead atoms. The number of carboxylic acid groups (broad SMARTS) is 2. The quantitative estimate of drug-likeness (QED) is 0.165. The van der Waals surface area contributed by atoms with Crippen molar-refractivity contribution < 1.29 is 126 Å². The van der Waals surface area contributed by atoms with E-state index in [2.05, 4.69) is 0 Å². The number of rotatable bonds is 15. The predicted octanol–water partition coefficient (Wildman–Crippen LogP) is 8.02. The first-order chi connectivity index (χ1) is 19.8. The van der Waals surface area contributed by atoms with Crippen molar-refractivity contribution in [3.8, 4) is 0 Å². The van der Waals surface area contributed by atoms with Crippen molar-refractivity contribution in [3.63, 3.8) is 0 Å². The first kappa shape index (κ1) is 43.3. The van der Waals surface area contributed by atoms with E-state index in [4.69, 9.17) is 10.2 Å². The molecule has 6 nitrogen and oxygen atoms in total. The van der Waals surface area contributed by atoms with Gasteiger partial charge in [0.05, 0.1) is 5.92 Å². The highest BCUT2D eigenvalue weighted by molar-refractivity contribution is 5.67. The number of carbonyl (C=O) groups is 2. The fraction of sp³-hybridized carbons (Fsp3) is 0.889. The average Bonchev–Trinajstić information content (AvgIpc) is 2.76. The summed E-state index contributed by atoms with van der Waals surface area (Å²) in [5.41, 5.74) is -7.24. The van der Waals surface area contributed by atoms with Crippen LogP contribution >= 0.6 is 0 Å². The van der Waals surface area contributed by atoms with Crippen LogP contribution in [-0.2, 0) is 19.1 Å². The number of alkyl halides is 22. The molecule has 2 N–H and O–H groups in total. The zero-order chi connectivity index (χ0) is 37.6. The van der Waals surface area contributed by atoms with Crippen molar-refractivity contribution >= 4 is 11.9 Å². The van der Waals surface area contributed by atoms with Crippen LogP contribution in [0.2, 0.25) is 0 Å². The Kier molecular flexibility index (Phi) is 12.0. The van der Waals surface area contributed by atoms with Gasteiger partial charge in [0.15, 0.2) is 0 Å². The molecule has 0 amide bonds. The van der Waals surface area contributed by atoms with Gasteiger partial charge in [-0.15, -0.1) is 0 Å². The lowest BCUT2D eigenvalue weighted by molar-refractivity contribution is -0.517. The second-order valence-corrected chi connectivity index (χ2v) is 8.75. The maximum atomic E-state index is 15.1. The van der Waals surface area contributed by atoms with E-state index in [1.165, 1.54) is 4.74 Å². The van der Waals surface area contributed by atoms with Gasteiger partial charge in [-0.2, -0.15) is 92.2 Å². The highest BCUT2D eigenvalue weighted by atomic mass is 19.4. The van der Waals surface area contributed by atoms with Gasteiger partial charge in [0, 0.05) is 12.8 Å². The summed E-state index contributed by atoms with van der Waals surface area (Å²) in [6.45, 7) is 0. The van der Waals surface area contributed by atoms with Crippen LogP contribution in [0.25, 0.3) is 0 Å². The van der Waals surface area contributed by atoms with Crippen molar-refractivity contribution in [2.75, 3.05) is 0 Å². The lowest BCUT2D eigenvalue weighted by Gasteiger charge is -2.51. The van der Waals surface area contributed by atoms with Crippen molar-refractivity contribution in [1.82, 2.24) is 0 Å². The van der Waals surface area contributed by atoms with Crippen molar-refractivity contribution in [2.45, 2.75) is 86.7 Å². The molecule has 28 heteroatoms. The Morgan fingerprint density at radius 1 is 0.587 bits per heavy atom. The Morgan fingerprint density at radius 3 is 1.28 bits per heavy atom. The van der Waals surface area contributed by atoms with Crippen LogP contribution < -0.4 is 0 Å². The van der Waals surface area contributed by atoms with E-state index in [0.29, 0.717) is 0 Å².